The molecule has 1 N–H and O–H groups in total. The van der Waals surface area contributed by atoms with E-state index in [1.54, 1.807) is 12.1 Å². The summed E-state index contributed by atoms with van der Waals surface area (Å²) < 4.78 is 19.7. The number of morpholine rings is 1. The highest BCUT2D eigenvalue weighted by Gasteiger charge is 2.15. The molecule has 1 saturated heterocycles. The second-order valence-corrected chi connectivity index (χ2v) is 6.74. The van der Waals surface area contributed by atoms with Crippen LogP contribution < -0.4 is 10.2 Å². The molecule has 3 rings (SSSR count). The zero-order valence-electron chi connectivity index (χ0n) is 15.3. The van der Waals surface area contributed by atoms with Crippen molar-refractivity contribution in [3.8, 4) is 0 Å². The monoisotopic (exact) mass is 356 g/mol. The molecule has 2 aromatic rings. The molecule has 1 aliphatic heterocycles. The highest BCUT2D eigenvalue weighted by molar-refractivity contribution is 5.91. The van der Waals surface area contributed by atoms with Gasteiger partial charge in [-0.05, 0) is 49.6 Å². The van der Waals surface area contributed by atoms with Crippen LogP contribution in [0.25, 0.3) is 0 Å². The number of anilines is 2. The zero-order valence-corrected chi connectivity index (χ0v) is 15.3. The average Bonchev–Trinajstić information content (AvgIpc) is 2.62. The number of benzene rings is 2. The van der Waals surface area contributed by atoms with Gasteiger partial charge in [-0.2, -0.15) is 0 Å². The van der Waals surface area contributed by atoms with E-state index in [1.807, 2.05) is 4.90 Å². The Balaban J connectivity index is 1.57. The van der Waals surface area contributed by atoms with E-state index in [4.69, 9.17) is 4.74 Å². The van der Waals surface area contributed by atoms with E-state index in [0.29, 0.717) is 50.5 Å². The van der Waals surface area contributed by atoms with Gasteiger partial charge in [0.25, 0.3) is 0 Å². The van der Waals surface area contributed by atoms with E-state index in [2.05, 4.69) is 37.4 Å². The molecule has 0 bridgehead atoms. The number of aryl methyl sites for hydroxylation is 3. The summed E-state index contributed by atoms with van der Waals surface area (Å²) in [5.74, 6) is -0.428. The fourth-order valence-corrected chi connectivity index (χ4v) is 3.24. The molecule has 1 heterocycles. The third-order valence-electron chi connectivity index (χ3n) is 4.70. The quantitative estimate of drug-likeness (QED) is 0.885. The number of amides is 1. The Morgan fingerprint density at radius 3 is 2.62 bits per heavy atom. The van der Waals surface area contributed by atoms with E-state index in [9.17, 15) is 9.18 Å². The summed E-state index contributed by atoms with van der Waals surface area (Å²) in [6.07, 6.45) is 1.04. The summed E-state index contributed by atoms with van der Waals surface area (Å²) in [5, 5.41) is 2.79. The van der Waals surface area contributed by atoms with Crippen LogP contribution in [0.1, 0.15) is 23.1 Å². The normalized spacial score (nSPS) is 14.3. The van der Waals surface area contributed by atoms with Gasteiger partial charge in [-0.15, -0.1) is 0 Å². The Morgan fingerprint density at radius 2 is 1.92 bits per heavy atom. The fraction of sp³-hybridized carbons (Fsp3) is 0.381. The molecule has 138 valence electrons. The summed E-state index contributed by atoms with van der Waals surface area (Å²) in [6.45, 7) is 6.68. The molecule has 0 unspecified atom stereocenters. The molecule has 0 atom stereocenters. The van der Waals surface area contributed by atoms with Crippen molar-refractivity contribution in [3.63, 3.8) is 0 Å². The summed E-state index contributed by atoms with van der Waals surface area (Å²) in [6, 6.07) is 11.1. The van der Waals surface area contributed by atoms with Crippen LogP contribution in [0.5, 0.6) is 0 Å². The van der Waals surface area contributed by atoms with Crippen molar-refractivity contribution in [2.24, 2.45) is 0 Å². The predicted octanol–water partition coefficient (Wildman–Crippen LogP) is 3.85. The highest BCUT2D eigenvalue weighted by Crippen LogP contribution is 2.24. The Hall–Kier alpha value is -2.40. The molecule has 0 saturated carbocycles. The maximum atomic E-state index is 14.4. The number of carbonyl (C=O) groups is 1. The summed E-state index contributed by atoms with van der Waals surface area (Å²) in [7, 11) is 0. The summed E-state index contributed by atoms with van der Waals surface area (Å²) in [4.78, 5) is 14.2. The first-order chi connectivity index (χ1) is 12.5. The molecule has 1 amide bonds. The SMILES string of the molecule is Cc1ccc(CCC(=O)Nc2ccc(N3CCOCC3)c(F)c2)c(C)c1. The number of ether oxygens (including phenoxy) is 1. The lowest BCUT2D eigenvalue weighted by Crippen LogP contribution is -2.36. The molecule has 26 heavy (non-hydrogen) atoms. The number of carbonyl (C=O) groups excluding carboxylic acids is 1. The van der Waals surface area contributed by atoms with E-state index in [1.165, 1.54) is 22.8 Å². The van der Waals surface area contributed by atoms with Crippen LogP contribution in [0.2, 0.25) is 0 Å². The smallest absolute Gasteiger partial charge is 0.224 e. The standard InChI is InChI=1S/C21H25FN2O2/c1-15-3-4-17(16(2)13-15)5-8-21(25)23-18-6-7-20(19(22)14-18)24-9-11-26-12-10-24/h3-4,6-7,13-14H,5,8-12H2,1-2H3,(H,23,25). The fourth-order valence-electron chi connectivity index (χ4n) is 3.24. The lowest BCUT2D eigenvalue weighted by molar-refractivity contribution is -0.116. The maximum absolute atomic E-state index is 14.4. The highest BCUT2D eigenvalue weighted by atomic mass is 19.1. The minimum absolute atomic E-state index is 0.108. The van der Waals surface area contributed by atoms with Crippen LogP contribution in [0.3, 0.4) is 0 Å². The maximum Gasteiger partial charge on any atom is 0.224 e. The van der Waals surface area contributed by atoms with Gasteiger partial charge in [-0.25, -0.2) is 4.39 Å². The first kappa shape index (κ1) is 18.4. The number of rotatable bonds is 5. The largest absolute Gasteiger partial charge is 0.378 e. The molecule has 5 heteroatoms. The van der Waals surface area contributed by atoms with Gasteiger partial charge in [-0.1, -0.05) is 23.8 Å². The van der Waals surface area contributed by atoms with Crippen molar-refractivity contribution < 1.29 is 13.9 Å². The van der Waals surface area contributed by atoms with E-state index in [0.717, 1.165) is 0 Å². The molecule has 1 aliphatic rings. The van der Waals surface area contributed by atoms with Crippen molar-refractivity contribution >= 4 is 17.3 Å². The second kappa shape index (κ2) is 8.32. The van der Waals surface area contributed by atoms with Crippen molar-refractivity contribution in [2.45, 2.75) is 26.7 Å². The number of hydrogen-bond acceptors (Lipinski definition) is 3. The van der Waals surface area contributed by atoms with Crippen LogP contribution in [-0.2, 0) is 16.0 Å². The van der Waals surface area contributed by atoms with Crippen LogP contribution in [0.4, 0.5) is 15.8 Å². The third kappa shape index (κ3) is 4.61. The van der Waals surface area contributed by atoms with Gasteiger partial charge in [0.2, 0.25) is 5.91 Å². The number of nitrogens with one attached hydrogen (secondary N) is 1. The van der Waals surface area contributed by atoms with Crippen LogP contribution in [-0.4, -0.2) is 32.2 Å². The molecule has 2 aromatic carbocycles. The second-order valence-electron chi connectivity index (χ2n) is 6.74. The zero-order chi connectivity index (χ0) is 18.5. The lowest BCUT2D eigenvalue weighted by Gasteiger charge is -2.29. The van der Waals surface area contributed by atoms with Gasteiger partial charge in [0.15, 0.2) is 0 Å². The van der Waals surface area contributed by atoms with Crippen molar-refractivity contribution in [2.75, 3.05) is 36.5 Å². The number of hydrogen-bond donors (Lipinski definition) is 1. The third-order valence-corrected chi connectivity index (χ3v) is 4.70. The van der Waals surface area contributed by atoms with Crippen molar-refractivity contribution in [1.29, 1.82) is 0 Å². The van der Waals surface area contributed by atoms with Gasteiger partial charge in [0.1, 0.15) is 5.82 Å². The van der Waals surface area contributed by atoms with Gasteiger partial charge >= 0.3 is 0 Å². The van der Waals surface area contributed by atoms with Crippen LogP contribution in [0.15, 0.2) is 36.4 Å². The molecule has 0 spiro atoms. The van der Waals surface area contributed by atoms with Gasteiger partial charge < -0.3 is 15.0 Å². The molecule has 1 fully saturated rings. The number of nitrogens with zero attached hydrogens (tertiary/aromatic N) is 1. The van der Waals surface area contributed by atoms with Crippen molar-refractivity contribution in [1.82, 2.24) is 0 Å². The van der Waals surface area contributed by atoms with Gasteiger partial charge in [-0.3, -0.25) is 4.79 Å². The molecule has 4 nitrogen and oxygen atoms in total. The first-order valence-electron chi connectivity index (χ1n) is 9.01. The van der Waals surface area contributed by atoms with E-state index in [-0.39, 0.29) is 11.7 Å². The Morgan fingerprint density at radius 1 is 1.15 bits per heavy atom. The van der Waals surface area contributed by atoms with Gasteiger partial charge in [0, 0.05) is 25.2 Å². The predicted molar refractivity (Wildman–Crippen MR) is 102 cm³/mol. The Labute approximate surface area is 154 Å². The first-order valence-corrected chi connectivity index (χ1v) is 9.01. The Bertz CT molecular complexity index is 786. The molecular weight excluding hydrogens is 331 g/mol. The summed E-state index contributed by atoms with van der Waals surface area (Å²) >= 11 is 0. The summed E-state index contributed by atoms with van der Waals surface area (Å²) in [5.41, 5.74) is 4.62. The minimum atomic E-state index is -0.320. The van der Waals surface area contributed by atoms with E-state index < -0.39 is 0 Å². The van der Waals surface area contributed by atoms with Crippen LogP contribution >= 0.6 is 0 Å². The minimum Gasteiger partial charge on any atom is -0.378 e. The van der Waals surface area contributed by atoms with Gasteiger partial charge in [0.05, 0.1) is 18.9 Å². The molecule has 0 radical (unpaired) electrons. The molecule has 0 aliphatic carbocycles. The molecule has 0 aromatic heterocycles. The lowest BCUT2D eigenvalue weighted by atomic mass is 10.0. The van der Waals surface area contributed by atoms with Crippen LogP contribution in [0, 0.1) is 19.7 Å². The topological polar surface area (TPSA) is 41.6 Å². The number of halogens is 1. The van der Waals surface area contributed by atoms with E-state index >= 15 is 0 Å². The molecular formula is C21H25FN2O2. The van der Waals surface area contributed by atoms with Crippen molar-refractivity contribution in [3.05, 3.63) is 58.9 Å². The Kier molecular flexibility index (Phi) is 5.89. The average molecular weight is 356 g/mol.